The molecule has 2 amide bonds. The third-order valence-electron chi connectivity index (χ3n) is 7.32. The van der Waals surface area contributed by atoms with Crippen molar-refractivity contribution in [2.45, 2.75) is 24.6 Å². The van der Waals surface area contributed by atoms with Gasteiger partial charge in [0.1, 0.15) is 6.04 Å². The van der Waals surface area contributed by atoms with Crippen LogP contribution in [0.3, 0.4) is 0 Å². The van der Waals surface area contributed by atoms with Crippen LogP contribution in [0.1, 0.15) is 34.5 Å². The van der Waals surface area contributed by atoms with Crippen molar-refractivity contribution in [1.29, 1.82) is 0 Å². The predicted octanol–water partition coefficient (Wildman–Crippen LogP) is 3.49. The minimum Gasteiger partial charge on any atom is -0.387 e. The second-order valence-electron chi connectivity index (χ2n) is 9.48. The Labute approximate surface area is 212 Å². The molecule has 2 N–H and O–H groups in total. The van der Waals surface area contributed by atoms with Crippen molar-refractivity contribution in [3.8, 4) is 0 Å². The summed E-state index contributed by atoms with van der Waals surface area (Å²) >= 11 is 0. The first-order chi connectivity index (χ1) is 17.9. The summed E-state index contributed by atoms with van der Waals surface area (Å²) in [6, 6.07) is 21.5. The van der Waals surface area contributed by atoms with Gasteiger partial charge >= 0.3 is 0 Å². The first-order valence-electron chi connectivity index (χ1n) is 12.1. The third kappa shape index (κ3) is 3.84. The number of hydrogen-bond donors (Lipinski definition) is 2. The molecule has 3 heterocycles. The van der Waals surface area contributed by atoms with Crippen LogP contribution in [-0.4, -0.2) is 55.8 Å². The van der Waals surface area contributed by atoms with Crippen molar-refractivity contribution in [3.63, 3.8) is 0 Å². The molecule has 1 aromatic heterocycles. The highest BCUT2D eigenvalue weighted by Gasteiger charge is 2.48. The maximum atomic E-state index is 13.8. The van der Waals surface area contributed by atoms with Crippen molar-refractivity contribution >= 4 is 28.4 Å². The van der Waals surface area contributed by atoms with Gasteiger partial charge in [0, 0.05) is 35.2 Å². The molecule has 2 aliphatic heterocycles. The minimum atomic E-state index is -0.927. The summed E-state index contributed by atoms with van der Waals surface area (Å²) in [5, 5.41) is 23.2. The van der Waals surface area contributed by atoms with E-state index < -0.39 is 23.1 Å². The van der Waals surface area contributed by atoms with Crippen molar-refractivity contribution in [1.82, 2.24) is 14.8 Å². The maximum Gasteiger partial charge on any atom is 0.269 e. The molecule has 4 aromatic rings. The Kier molecular flexibility index (Phi) is 5.49. The van der Waals surface area contributed by atoms with Gasteiger partial charge in [-0.3, -0.25) is 19.7 Å². The third-order valence-corrected chi connectivity index (χ3v) is 7.32. The summed E-state index contributed by atoms with van der Waals surface area (Å²) in [4.78, 5) is 44.9. The van der Waals surface area contributed by atoms with E-state index in [1.165, 1.54) is 17.0 Å². The van der Waals surface area contributed by atoms with Crippen LogP contribution in [0.2, 0.25) is 0 Å². The lowest BCUT2D eigenvalue weighted by Gasteiger charge is -2.47. The van der Waals surface area contributed by atoms with E-state index >= 15 is 0 Å². The first-order valence-corrected chi connectivity index (χ1v) is 12.1. The maximum absolute atomic E-state index is 13.8. The normalized spacial score (nSPS) is 20.0. The number of carbonyl (C=O) groups is 2. The molecule has 9 heteroatoms. The van der Waals surface area contributed by atoms with E-state index in [0.717, 1.165) is 22.2 Å². The zero-order valence-corrected chi connectivity index (χ0v) is 19.8. The fraction of sp³-hybridized carbons (Fsp3) is 0.214. The number of fused-ring (bicyclic) bond motifs is 4. The van der Waals surface area contributed by atoms with Gasteiger partial charge in [-0.1, -0.05) is 60.7 Å². The van der Waals surface area contributed by atoms with Crippen LogP contribution in [0.4, 0.5) is 5.69 Å². The van der Waals surface area contributed by atoms with Gasteiger partial charge in [-0.15, -0.1) is 0 Å². The molecular weight excluding hydrogens is 472 g/mol. The van der Waals surface area contributed by atoms with E-state index in [1.807, 2.05) is 42.5 Å². The number of aliphatic hydroxyl groups excluding tert-OH is 1. The number of nitrogens with one attached hydrogen (secondary N) is 1. The molecule has 1 fully saturated rings. The van der Waals surface area contributed by atoms with Crippen LogP contribution < -0.4 is 0 Å². The topological polar surface area (TPSA) is 120 Å². The molecule has 37 heavy (non-hydrogen) atoms. The number of aromatic nitrogens is 1. The number of nitro groups is 1. The SMILES string of the molecule is O=C1[C@@H]2Cc3c([nH]c4ccccc34)[C@@H](c3cccc([N+](=O)[O-])c3)N2C(=O)CN1C[C@H](O)c1ccccc1. The number of benzene rings is 3. The number of nitrogens with zero attached hydrogens (tertiary/aromatic N) is 3. The van der Waals surface area contributed by atoms with Gasteiger partial charge in [0.15, 0.2) is 0 Å². The van der Waals surface area contributed by atoms with Crippen LogP contribution in [0.15, 0.2) is 78.9 Å². The Morgan fingerprint density at radius 3 is 2.57 bits per heavy atom. The molecule has 0 aliphatic carbocycles. The fourth-order valence-electron chi connectivity index (χ4n) is 5.62. The molecule has 0 bridgehead atoms. The molecule has 2 aliphatic rings. The zero-order valence-electron chi connectivity index (χ0n) is 19.8. The smallest absolute Gasteiger partial charge is 0.269 e. The molecule has 3 aromatic carbocycles. The number of piperazine rings is 1. The van der Waals surface area contributed by atoms with Gasteiger partial charge in [-0.25, -0.2) is 0 Å². The monoisotopic (exact) mass is 496 g/mol. The van der Waals surface area contributed by atoms with E-state index in [2.05, 4.69) is 4.98 Å². The van der Waals surface area contributed by atoms with Crippen molar-refractivity contribution in [2.75, 3.05) is 13.1 Å². The first kappa shape index (κ1) is 22.9. The van der Waals surface area contributed by atoms with Gasteiger partial charge in [-0.05, 0) is 22.8 Å². The molecule has 0 saturated carbocycles. The predicted molar refractivity (Wildman–Crippen MR) is 136 cm³/mol. The number of β-amino-alcohol motifs (C(OH)–C–C–N with tert-alkyl or cyclic N) is 1. The van der Waals surface area contributed by atoms with Crippen LogP contribution in [-0.2, 0) is 16.0 Å². The molecule has 0 spiro atoms. The molecule has 1 saturated heterocycles. The lowest BCUT2D eigenvalue weighted by molar-refractivity contribution is -0.384. The number of rotatable bonds is 5. The standard InChI is InChI=1S/C28H24N4O5/c33-24(17-7-2-1-3-8-17)15-30-16-25(34)31-23(28(30)35)14-21-20-11-4-5-12-22(20)29-26(21)27(31)18-9-6-10-19(13-18)32(36)37/h1-13,23-24,27,29,33H,14-16H2/t23-,24-,27+/m0/s1. The summed E-state index contributed by atoms with van der Waals surface area (Å²) in [5.41, 5.74) is 3.70. The average molecular weight is 497 g/mol. The molecule has 0 unspecified atom stereocenters. The summed E-state index contributed by atoms with van der Waals surface area (Å²) in [5.74, 6) is -0.522. The molecule has 0 radical (unpaired) electrons. The Hall–Kier alpha value is -4.50. The van der Waals surface area contributed by atoms with Gasteiger partial charge < -0.3 is 19.9 Å². The number of nitro benzene ring substituents is 1. The number of H-pyrrole nitrogens is 1. The zero-order chi connectivity index (χ0) is 25.7. The highest BCUT2D eigenvalue weighted by atomic mass is 16.6. The van der Waals surface area contributed by atoms with Crippen molar-refractivity contribution in [3.05, 3.63) is 111 Å². The summed E-state index contributed by atoms with van der Waals surface area (Å²) in [7, 11) is 0. The van der Waals surface area contributed by atoms with Crippen LogP contribution in [0.25, 0.3) is 10.9 Å². The summed E-state index contributed by atoms with van der Waals surface area (Å²) in [6.07, 6.45) is -0.614. The number of aliphatic hydroxyl groups is 1. The average Bonchev–Trinajstić information content (AvgIpc) is 3.29. The molecule has 186 valence electrons. The van der Waals surface area contributed by atoms with Gasteiger partial charge in [0.25, 0.3) is 5.69 Å². The Morgan fingerprint density at radius 2 is 1.78 bits per heavy atom. The van der Waals surface area contributed by atoms with Crippen molar-refractivity contribution in [2.24, 2.45) is 0 Å². The summed E-state index contributed by atoms with van der Waals surface area (Å²) in [6.45, 7) is -0.179. The van der Waals surface area contributed by atoms with Crippen molar-refractivity contribution < 1.29 is 19.6 Å². The van der Waals surface area contributed by atoms with E-state index in [-0.39, 0.29) is 30.6 Å². The lowest BCUT2D eigenvalue weighted by Crippen LogP contribution is -2.63. The van der Waals surface area contributed by atoms with E-state index in [1.54, 1.807) is 29.2 Å². The summed E-state index contributed by atoms with van der Waals surface area (Å²) < 4.78 is 0. The minimum absolute atomic E-state index is 0.00113. The molecule has 3 atom stereocenters. The second kappa shape index (κ2) is 8.86. The number of hydrogen-bond acceptors (Lipinski definition) is 5. The lowest BCUT2D eigenvalue weighted by atomic mass is 9.86. The van der Waals surface area contributed by atoms with Crippen LogP contribution in [0.5, 0.6) is 0 Å². The molecule has 6 rings (SSSR count). The Morgan fingerprint density at radius 1 is 1.03 bits per heavy atom. The largest absolute Gasteiger partial charge is 0.387 e. The number of aromatic amines is 1. The Balaban J connectivity index is 1.43. The number of carbonyl (C=O) groups excluding carboxylic acids is 2. The second-order valence-corrected chi connectivity index (χ2v) is 9.48. The Bertz CT molecular complexity index is 1530. The molecule has 9 nitrogen and oxygen atoms in total. The number of non-ortho nitro benzene ring substituents is 1. The van der Waals surface area contributed by atoms with Crippen LogP contribution >= 0.6 is 0 Å². The fourth-order valence-corrected chi connectivity index (χ4v) is 5.62. The van der Waals surface area contributed by atoms with Gasteiger partial charge in [0.2, 0.25) is 11.8 Å². The quantitative estimate of drug-likeness (QED) is 0.324. The van der Waals surface area contributed by atoms with E-state index in [0.29, 0.717) is 17.5 Å². The number of para-hydroxylation sites is 1. The highest BCUT2D eigenvalue weighted by Crippen LogP contribution is 2.43. The molecular formula is C28H24N4O5. The van der Waals surface area contributed by atoms with Crippen LogP contribution in [0, 0.1) is 10.1 Å². The van der Waals surface area contributed by atoms with Gasteiger partial charge in [0.05, 0.1) is 30.2 Å². The number of amides is 2. The van der Waals surface area contributed by atoms with E-state index in [9.17, 15) is 24.8 Å². The van der Waals surface area contributed by atoms with Gasteiger partial charge in [-0.2, -0.15) is 0 Å². The highest BCUT2D eigenvalue weighted by molar-refractivity contribution is 5.97. The van der Waals surface area contributed by atoms with E-state index in [4.69, 9.17) is 0 Å².